The van der Waals surface area contributed by atoms with Crippen molar-refractivity contribution in [2.45, 2.75) is 40.8 Å². The van der Waals surface area contributed by atoms with E-state index in [1.165, 1.54) is 54.5 Å². The van der Waals surface area contributed by atoms with Gasteiger partial charge in [0.2, 0.25) is 0 Å². The fourth-order valence-electron chi connectivity index (χ4n) is 9.67. The molecule has 2 nitrogen and oxygen atoms in total. The predicted molar refractivity (Wildman–Crippen MR) is 262 cm³/mol. The Morgan fingerprint density at radius 3 is 1.40 bits per heavy atom. The van der Waals surface area contributed by atoms with Crippen molar-refractivity contribution in [2.24, 2.45) is 0 Å². The monoisotopic (exact) mass is 936 g/mol. The van der Waals surface area contributed by atoms with Crippen LogP contribution in [0.3, 0.4) is 0 Å². The van der Waals surface area contributed by atoms with Crippen LogP contribution in [0.4, 0.5) is 0 Å². The standard InChI is InChI=1S/C56H44Cl2O2Si.Zr/c1-33-17-20-43-31-44(47-29-18-34(2)59-47)55(51(43)49(33)41-25-21-39(22-26-41)37-13-9-7-10-14-37)61(5,6)56-45(48-30-19-35(3)60-48)32-46-52(56)50(36(4)53(57)54(46)58)42-27-23-40(24-28-42)38-15-11-8-12-16-38;/h7-32H,1-6H3;/q-2;+2. The summed E-state index contributed by atoms with van der Waals surface area (Å²) in [5.74, 6) is 3.42. The van der Waals surface area contributed by atoms with E-state index in [2.05, 4.69) is 179 Å². The Kier molecular flexibility index (Phi) is 11.2. The van der Waals surface area contributed by atoms with Crippen molar-refractivity contribution in [2.75, 3.05) is 0 Å². The summed E-state index contributed by atoms with van der Waals surface area (Å²) in [6, 6.07) is 56.4. The van der Waals surface area contributed by atoms with Crippen molar-refractivity contribution in [3.8, 4) is 67.2 Å². The number of aryl methyl sites for hydroxylation is 3. The average Bonchev–Trinajstić information content (AvgIpc) is 4.09. The summed E-state index contributed by atoms with van der Waals surface area (Å²) in [6.07, 6.45) is 0. The maximum absolute atomic E-state index is 7.39. The molecule has 0 fully saturated rings. The van der Waals surface area contributed by atoms with Gasteiger partial charge in [-0.1, -0.05) is 157 Å². The van der Waals surface area contributed by atoms with Gasteiger partial charge in [-0.2, -0.15) is 0 Å². The van der Waals surface area contributed by atoms with Crippen LogP contribution in [0, 0.1) is 27.7 Å². The van der Waals surface area contributed by atoms with E-state index in [9.17, 15) is 0 Å². The molecule has 6 heteroatoms. The Morgan fingerprint density at radius 1 is 0.452 bits per heavy atom. The minimum Gasteiger partial charge on any atom is -0.496 e. The number of fused-ring (bicyclic) bond motifs is 2. The summed E-state index contributed by atoms with van der Waals surface area (Å²) in [7, 11) is -2.88. The third kappa shape index (κ3) is 7.06. The van der Waals surface area contributed by atoms with E-state index in [1.54, 1.807) is 0 Å². The zero-order chi connectivity index (χ0) is 42.2. The molecule has 0 radical (unpaired) electrons. The van der Waals surface area contributed by atoms with E-state index < -0.39 is 8.07 Å². The van der Waals surface area contributed by atoms with Crippen LogP contribution < -0.4 is 10.4 Å². The van der Waals surface area contributed by atoms with Gasteiger partial charge < -0.3 is 8.83 Å². The van der Waals surface area contributed by atoms with Crippen molar-refractivity contribution in [1.82, 2.24) is 0 Å². The second-order valence-electron chi connectivity index (χ2n) is 16.8. The van der Waals surface area contributed by atoms with Crippen molar-refractivity contribution in [3.63, 3.8) is 0 Å². The van der Waals surface area contributed by atoms with Gasteiger partial charge in [0.1, 0.15) is 0 Å². The number of hydrogen-bond acceptors (Lipinski definition) is 2. The Balaban J connectivity index is 0.00000490. The van der Waals surface area contributed by atoms with E-state index in [0.717, 1.165) is 67.2 Å². The fourth-order valence-corrected chi connectivity index (χ4v) is 13.9. The molecule has 0 bridgehead atoms. The van der Waals surface area contributed by atoms with E-state index in [-0.39, 0.29) is 26.2 Å². The van der Waals surface area contributed by atoms with Crippen LogP contribution >= 0.6 is 23.2 Å². The first kappa shape index (κ1) is 42.1. The van der Waals surface area contributed by atoms with E-state index in [0.29, 0.717) is 10.0 Å². The molecule has 0 atom stereocenters. The van der Waals surface area contributed by atoms with Gasteiger partial charge in [-0.3, -0.25) is 0 Å². The zero-order valence-corrected chi connectivity index (χ0v) is 40.6. The summed E-state index contributed by atoms with van der Waals surface area (Å²) >= 11 is 14.6. The van der Waals surface area contributed by atoms with Gasteiger partial charge in [-0.15, -0.1) is 61.7 Å². The van der Waals surface area contributed by atoms with Crippen LogP contribution in [-0.4, -0.2) is 8.07 Å². The topological polar surface area (TPSA) is 26.3 Å². The van der Waals surface area contributed by atoms with Gasteiger partial charge in [0.05, 0.1) is 23.0 Å². The molecular formula is C56H44Cl2O2SiZr. The molecule has 0 amide bonds. The SMILES string of the molecule is Cc1ccc(-c2[cH-]c3ccc(C)c(-c4ccc(-c5ccccc5)cc4)c3c2[Si](C)(C)c2c(-c3ccc(C)o3)[cH-]c3c(Cl)c(Cl)c(C)c(-c4ccc(-c5ccccc5)cc4)c23)o1.[Zr+2]. The Labute approximate surface area is 393 Å². The molecule has 10 rings (SSSR count). The normalized spacial score (nSPS) is 11.7. The van der Waals surface area contributed by atoms with Crippen molar-refractivity contribution in [1.29, 1.82) is 0 Å². The van der Waals surface area contributed by atoms with Gasteiger partial charge in [0.25, 0.3) is 0 Å². The van der Waals surface area contributed by atoms with Crippen molar-refractivity contribution < 1.29 is 35.0 Å². The Hall–Kier alpha value is -5.22. The van der Waals surface area contributed by atoms with Crippen molar-refractivity contribution >= 4 is 63.2 Å². The molecule has 8 aromatic carbocycles. The summed E-state index contributed by atoms with van der Waals surface area (Å²) in [6.45, 7) is 13.3. The zero-order valence-electron chi connectivity index (χ0n) is 35.6. The Morgan fingerprint density at radius 2 is 0.903 bits per heavy atom. The average molecular weight is 939 g/mol. The molecule has 2 aromatic heterocycles. The van der Waals surface area contributed by atoms with Gasteiger partial charge in [0, 0.05) is 18.1 Å². The number of hydrogen-bond donors (Lipinski definition) is 0. The second-order valence-corrected chi connectivity index (χ2v) is 21.8. The van der Waals surface area contributed by atoms with Crippen LogP contribution in [-0.2, 0) is 26.2 Å². The van der Waals surface area contributed by atoms with Crippen LogP contribution in [0.25, 0.3) is 88.7 Å². The summed E-state index contributed by atoms with van der Waals surface area (Å²) < 4.78 is 13.1. The minimum absolute atomic E-state index is 0. The van der Waals surface area contributed by atoms with Gasteiger partial charge in [-0.05, 0) is 102 Å². The largest absolute Gasteiger partial charge is 2.00 e. The molecule has 0 spiro atoms. The molecular weight excluding hydrogens is 895 g/mol. The number of benzene rings is 6. The third-order valence-electron chi connectivity index (χ3n) is 12.5. The third-order valence-corrected chi connectivity index (χ3v) is 17.0. The van der Waals surface area contributed by atoms with E-state index in [4.69, 9.17) is 32.0 Å². The van der Waals surface area contributed by atoms with Crippen LogP contribution in [0.15, 0.2) is 167 Å². The predicted octanol–water partition coefficient (Wildman–Crippen LogP) is 16.0. The molecule has 0 saturated carbocycles. The number of rotatable bonds is 8. The molecule has 0 saturated heterocycles. The molecule has 0 unspecified atom stereocenters. The number of furan rings is 2. The minimum atomic E-state index is -2.88. The second kappa shape index (κ2) is 16.5. The first-order chi connectivity index (χ1) is 29.5. The Bertz CT molecular complexity index is 3260. The smallest absolute Gasteiger partial charge is 0.496 e. The molecule has 302 valence electrons. The van der Waals surface area contributed by atoms with Crippen molar-refractivity contribution in [3.05, 3.63) is 190 Å². The maximum atomic E-state index is 7.39. The maximum Gasteiger partial charge on any atom is 2.00 e. The molecule has 0 N–H and O–H groups in total. The first-order valence-electron chi connectivity index (χ1n) is 20.8. The fraction of sp³-hybridized carbons (Fsp3) is 0.107. The van der Waals surface area contributed by atoms with Crippen LogP contribution in [0.1, 0.15) is 22.6 Å². The van der Waals surface area contributed by atoms with Crippen LogP contribution in [0.2, 0.25) is 23.1 Å². The van der Waals surface area contributed by atoms with Crippen LogP contribution in [0.5, 0.6) is 0 Å². The first-order valence-corrected chi connectivity index (χ1v) is 24.6. The number of halogens is 2. The van der Waals surface area contributed by atoms with E-state index in [1.807, 2.05) is 19.9 Å². The molecule has 2 heterocycles. The molecule has 0 aliphatic carbocycles. The summed E-state index contributed by atoms with van der Waals surface area (Å²) in [5.41, 5.74) is 13.7. The summed E-state index contributed by atoms with van der Waals surface area (Å²) in [5, 5.41) is 8.19. The molecule has 0 aliphatic heterocycles. The van der Waals surface area contributed by atoms with Gasteiger partial charge >= 0.3 is 26.2 Å². The molecule has 62 heavy (non-hydrogen) atoms. The van der Waals surface area contributed by atoms with E-state index >= 15 is 0 Å². The molecule has 10 aromatic rings. The van der Waals surface area contributed by atoms with Gasteiger partial charge in [0.15, 0.2) is 0 Å². The van der Waals surface area contributed by atoms with Gasteiger partial charge in [-0.25, -0.2) is 0 Å². The molecule has 0 aliphatic rings. The quantitative estimate of drug-likeness (QED) is 0.112. The summed E-state index contributed by atoms with van der Waals surface area (Å²) in [4.78, 5) is 0.